The molecular weight excluding hydrogens is 148 g/mol. The molecule has 0 heterocycles. The summed E-state index contributed by atoms with van der Waals surface area (Å²) in [6.07, 6.45) is 0. The van der Waals surface area contributed by atoms with Gasteiger partial charge in [0.25, 0.3) is 0 Å². The quantitative estimate of drug-likeness (QED) is 0.566. The van der Waals surface area contributed by atoms with E-state index in [9.17, 15) is 0 Å². The molecule has 0 saturated heterocycles. The van der Waals surface area contributed by atoms with Crippen molar-refractivity contribution in [2.75, 3.05) is 20.8 Å². The molecule has 3 nitrogen and oxygen atoms in total. The fourth-order valence-corrected chi connectivity index (χ4v) is 2.16. The smallest absolute Gasteiger partial charge is 0.377 e. The van der Waals surface area contributed by atoms with Crippen molar-refractivity contribution in [2.45, 2.75) is 13.8 Å². The van der Waals surface area contributed by atoms with Gasteiger partial charge in [0, 0.05) is 26.9 Å². The minimum absolute atomic E-state index is 0.623. The highest BCUT2D eigenvalue weighted by molar-refractivity contribution is 6.64. The van der Waals surface area contributed by atoms with Crippen LogP contribution < -0.4 is 0 Å². The van der Waals surface area contributed by atoms with Gasteiger partial charge in [0.2, 0.25) is 0 Å². The third-order valence-corrected chi connectivity index (χ3v) is 3.80. The molecule has 0 aromatic rings. The van der Waals surface area contributed by atoms with Crippen LogP contribution in [-0.2, 0) is 13.3 Å². The molecule has 0 fully saturated rings. The largest absolute Gasteiger partial charge is 0.503 e. The molecule has 0 unspecified atom stereocenters. The highest BCUT2D eigenvalue weighted by Gasteiger charge is 2.36. The lowest BCUT2D eigenvalue weighted by molar-refractivity contribution is 0.113. The molecule has 0 spiro atoms. The molecule has 61 valence electrons. The topological polar surface area (TPSA) is 27.7 Å². The Kier molecular flexibility index (Phi) is 4.89. The predicted molar refractivity (Wildman–Crippen MR) is 41.4 cm³/mol. The Morgan fingerprint density at radius 3 is 1.90 bits per heavy atom. The van der Waals surface area contributed by atoms with Crippen LogP contribution in [0.2, 0.25) is 0 Å². The van der Waals surface area contributed by atoms with Gasteiger partial charge in [-0.15, -0.1) is 0 Å². The van der Waals surface area contributed by atoms with E-state index in [1.807, 2.05) is 19.9 Å². The molecule has 0 rings (SSSR count). The first-order valence-corrected chi connectivity index (χ1v) is 5.09. The molecule has 10 heavy (non-hydrogen) atoms. The molecule has 0 aliphatic carbocycles. The summed E-state index contributed by atoms with van der Waals surface area (Å²) >= 11 is 0. The number of hydrogen-bond acceptors (Lipinski definition) is 3. The lowest BCUT2D eigenvalue weighted by Gasteiger charge is -2.23. The fourth-order valence-electron chi connectivity index (χ4n) is 0.721. The fraction of sp³-hybridized carbons (Fsp3) is 0.833. The van der Waals surface area contributed by atoms with E-state index in [1.54, 1.807) is 14.2 Å². The van der Waals surface area contributed by atoms with E-state index in [1.165, 1.54) is 0 Å². The van der Waals surface area contributed by atoms with E-state index in [0.29, 0.717) is 6.61 Å². The van der Waals surface area contributed by atoms with Gasteiger partial charge in [-0.3, -0.25) is 0 Å². The summed E-state index contributed by atoms with van der Waals surface area (Å²) in [5.74, 6) is 0. The van der Waals surface area contributed by atoms with Crippen LogP contribution in [0.5, 0.6) is 0 Å². The van der Waals surface area contributed by atoms with Crippen molar-refractivity contribution in [1.82, 2.24) is 0 Å². The molecule has 0 aromatic heterocycles. The van der Waals surface area contributed by atoms with Crippen LogP contribution in [0, 0.1) is 6.04 Å². The second kappa shape index (κ2) is 4.84. The zero-order valence-corrected chi connectivity index (χ0v) is 8.01. The van der Waals surface area contributed by atoms with Crippen LogP contribution in [0.4, 0.5) is 0 Å². The van der Waals surface area contributed by atoms with Gasteiger partial charge in [-0.1, -0.05) is 6.92 Å². The predicted octanol–water partition coefficient (Wildman–Crippen LogP) is 1.02. The van der Waals surface area contributed by atoms with Crippen LogP contribution in [-0.4, -0.2) is 29.6 Å². The Labute approximate surface area is 63.7 Å². The monoisotopic (exact) mass is 163 g/mol. The second-order valence-corrected chi connectivity index (χ2v) is 4.62. The van der Waals surface area contributed by atoms with E-state index in [2.05, 4.69) is 0 Å². The molecule has 0 atom stereocenters. The molecule has 0 aromatic carbocycles. The molecular formula is C6H15O3Si. The first-order valence-electron chi connectivity index (χ1n) is 3.29. The van der Waals surface area contributed by atoms with Crippen molar-refractivity contribution >= 4 is 8.80 Å². The highest BCUT2D eigenvalue weighted by atomic mass is 28.4. The van der Waals surface area contributed by atoms with Crippen LogP contribution >= 0.6 is 0 Å². The number of hydrogen-bond donors (Lipinski definition) is 0. The normalized spacial score (nSPS) is 12.0. The van der Waals surface area contributed by atoms with Crippen molar-refractivity contribution in [3.05, 3.63) is 6.04 Å². The maximum atomic E-state index is 5.32. The van der Waals surface area contributed by atoms with E-state index in [-0.39, 0.29) is 0 Å². The lowest BCUT2D eigenvalue weighted by atomic mass is 10.9. The summed E-state index contributed by atoms with van der Waals surface area (Å²) in [5, 5.41) is 0. The van der Waals surface area contributed by atoms with Crippen LogP contribution in [0.15, 0.2) is 0 Å². The van der Waals surface area contributed by atoms with Gasteiger partial charge in [-0.25, -0.2) is 0 Å². The summed E-state index contributed by atoms with van der Waals surface area (Å²) in [6, 6.07) is 1.86. The second-order valence-electron chi connectivity index (χ2n) is 1.73. The zero-order valence-electron chi connectivity index (χ0n) is 7.01. The third-order valence-electron chi connectivity index (χ3n) is 1.27. The Bertz CT molecular complexity index is 74.8. The Balaban J connectivity index is 3.87. The molecule has 0 N–H and O–H groups in total. The molecule has 0 saturated carbocycles. The Hall–Kier alpha value is 0.0969. The van der Waals surface area contributed by atoms with Gasteiger partial charge >= 0.3 is 8.80 Å². The van der Waals surface area contributed by atoms with Gasteiger partial charge < -0.3 is 13.3 Å². The Morgan fingerprint density at radius 2 is 1.80 bits per heavy atom. The zero-order chi connectivity index (χ0) is 8.04. The maximum Gasteiger partial charge on any atom is 0.503 e. The molecule has 0 aliphatic heterocycles. The lowest BCUT2D eigenvalue weighted by Crippen LogP contribution is -2.44. The summed E-state index contributed by atoms with van der Waals surface area (Å²) < 4.78 is 15.5. The van der Waals surface area contributed by atoms with Crippen LogP contribution in [0.3, 0.4) is 0 Å². The minimum atomic E-state index is -2.34. The highest BCUT2D eigenvalue weighted by Crippen LogP contribution is 2.09. The first-order chi connectivity index (χ1) is 4.74. The molecule has 0 amide bonds. The third kappa shape index (κ3) is 2.38. The maximum absolute atomic E-state index is 5.32. The van der Waals surface area contributed by atoms with E-state index >= 15 is 0 Å². The Morgan fingerprint density at radius 1 is 1.30 bits per heavy atom. The van der Waals surface area contributed by atoms with Crippen molar-refractivity contribution in [3.63, 3.8) is 0 Å². The summed E-state index contributed by atoms with van der Waals surface area (Å²) in [5.41, 5.74) is 0. The molecule has 4 heteroatoms. The average molecular weight is 163 g/mol. The molecule has 0 bridgehead atoms. The summed E-state index contributed by atoms with van der Waals surface area (Å²) in [4.78, 5) is 0. The van der Waals surface area contributed by atoms with E-state index < -0.39 is 8.80 Å². The van der Waals surface area contributed by atoms with Gasteiger partial charge in [0.15, 0.2) is 0 Å². The van der Waals surface area contributed by atoms with Crippen molar-refractivity contribution < 1.29 is 13.3 Å². The number of rotatable bonds is 5. The van der Waals surface area contributed by atoms with Crippen molar-refractivity contribution in [1.29, 1.82) is 0 Å². The summed E-state index contributed by atoms with van der Waals surface area (Å²) in [6.45, 7) is 4.43. The van der Waals surface area contributed by atoms with Gasteiger partial charge in [-0.05, 0) is 6.92 Å². The van der Waals surface area contributed by atoms with E-state index in [0.717, 1.165) is 0 Å². The van der Waals surface area contributed by atoms with Crippen LogP contribution in [0.25, 0.3) is 0 Å². The average Bonchev–Trinajstić information content (AvgIpc) is 2.01. The standard InChI is InChI=1S/C6H15O3Si/c1-5-9-10(6-2,7-3)8-4/h6H,5H2,1-4H3. The van der Waals surface area contributed by atoms with Crippen LogP contribution in [0.1, 0.15) is 13.8 Å². The first kappa shape index (κ1) is 10.1. The van der Waals surface area contributed by atoms with Gasteiger partial charge in [-0.2, -0.15) is 0 Å². The SMILES string of the molecule is C[CH][Si](OC)(OC)OCC. The summed E-state index contributed by atoms with van der Waals surface area (Å²) in [7, 11) is 0.863. The van der Waals surface area contributed by atoms with Crippen molar-refractivity contribution in [2.24, 2.45) is 0 Å². The van der Waals surface area contributed by atoms with E-state index in [4.69, 9.17) is 13.3 Å². The van der Waals surface area contributed by atoms with Gasteiger partial charge in [0.1, 0.15) is 0 Å². The molecule has 1 radical (unpaired) electrons. The molecule has 0 aliphatic rings. The van der Waals surface area contributed by atoms with Gasteiger partial charge in [0.05, 0.1) is 0 Å². The van der Waals surface area contributed by atoms with Crippen molar-refractivity contribution in [3.8, 4) is 0 Å². The minimum Gasteiger partial charge on any atom is -0.377 e.